The number of hydrogen-bond donors (Lipinski definition) is 0. The highest BCUT2D eigenvalue weighted by Gasteiger charge is 2.44. The number of halogens is 1. The van der Waals surface area contributed by atoms with Gasteiger partial charge in [-0.2, -0.15) is 0 Å². The molecule has 122 valence electrons. The Morgan fingerprint density at radius 1 is 0.800 bits per heavy atom. The highest BCUT2D eigenvalue weighted by Crippen LogP contribution is 2.26. The summed E-state index contributed by atoms with van der Waals surface area (Å²) >= 11 is 2.41. The first kappa shape index (κ1) is 20.8. The van der Waals surface area contributed by atoms with E-state index in [9.17, 15) is 0 Å². The van der Waals surface area contributed by atoms with Crippen molar-refractivity contribution in [1.29, 1.82) is 0 Å². The van der Waals surface area contributed by atoms with E-state index in [-0.39, 0.29) is 18.3 Å². The molecule has 0 saturated heterocycles. The zero-order valence-corrected chi connectivity index (χ0v) is 17.2. The minimum atomic E-state index is -2.57. The van der Waals surface area contributed by atoms with Gasteiger partial charge in [0.2, 0.25) is 0 Å². The number of rotatable bonds is 12. The van der Waals surface area contributed by atoms with Crippen LogP contribution in [0.15, 0.2) is 0 Å². The van der Waals surface area contributed by atoms with Crippen LogP contribution >= 0.6 is 22.6 Å². The summed E-state index contributed by atoms with van der Waals surface area (Å²) < 4.78 is 20.1. The predicted molar refractivity (Wildman–Crippen MR) is 96.6 cm³/mol. The molecule has 20 heavy (non-hydrogen) atoms. The van der Waals surface area contributed by atoms with Crippen LogP contribution in [-0.4, -0.2) is 31.5 Å². The molecule has 0 aromatic rings. The lowest BCUT2D eigenvalue weighted by Gasteiger charge is -2.36. The Labute approximate surface area is 140 Å². The zero-order valence-electron chi connectivity index (χ0n) is 14.1. The van der Waals surface area contributed by atoms with Crippen molar-refractivity contribution in [2.24, 2.45) is 0 Å². The Kier molecular flexibility index (Phi) is 11.9. The van der Waals surface area contributed by atoms with Crippen LogP contribution in [0, 0.1) is 0 Å². The topological polar surface area (TPSA) is 27.7 Å². The molecule has 3 atom stereocenters. The fraction of sp³-hybridized carbons (Fsp3) is 1.00. The third-order valence-electron chi connectivity index (χ3n) is 3.48. The first-order valence-electron chi connectivity index (χ1n) is 8.02. The second-order valence-electron chi connectivity index (χ2n) is 5.49. The first-order chi connectivity index (χ1) is 9.42. The van der Waals surface area contributed by atoms with Gasteiger partial charge >= 0.3 is 8.80 Å². The molecule has 3 unspecified atom stereocenters. The van der Waals surface area contributed by atoms with E-state index in [2.05, 4.69) is 64.1 Å². The molecule has 0 aromatic heterocycles. The fourth-order valence-electron chi connectivity index (χ4n) is 1.71. The normalized spacial score (nSPS) is 19.4. The molecule has 0 radical (unpaired) electrons. The highest BCUT2D eigenvalue weighted by atomic mass is 127. The van der Waals surface area contributed by atoms with Gasteiger partial charge in [0.05, 0.1) is 0 Å². The Balaban J connectivity index is 5.03. The smallest absolute Gasteiger partial charge is 0.371 e. The molecule has 0 aliphatic carbocycles. The molecule has 0 bridgehead atoms. The van der Waals surface area contributed by atoms with Gasteiger partial charge in [-0.25, -0.2) is 0 Å². The third-order valence-corrected chi connectivity index (χ3v) is 7.50. The van der Waals surface area contributed by atoms with Crippen molar-refractivity contribution in [3.63, 3.8) is 0 Å². The van der Waals surface area contributed by atoms with E-state index in [4.69, 9.17) is 13.3 Å². The summed E-state index contributed by atoms with van der Waals surface area (Å²) in [4.78, 5) is 0. The van der Waals surface area contributed by atoms with Gasteiger partial charge in [-0.1, -0.05) is 43.4 Å². The van der Waals surface area contributed by atoms with Crippen LogP contribution in [0.5, 0.6) is 0 Å². The van der Waals surface area contributed by atoms with Crippen LogP contribution < -0.4 is 0 Å². The molecule has 0 spiro atoms. The molecule has 0 aliphatic rings. The second-order valence-corrected chi connectivity index (χ2v) is 9.14. The Morgan fingerprint density at radius 3 is 1.40 bits per heavy atom. The van der Waals surface area contributed by atoms with Crippen LogP contribution in [0.4, 0.5) is 0 Å². The van der Waals surface area contributed by atoms with Crippen molar-refractivity contribution >= 4 is 31.4 Å². The average Bonchev–Trinajstić information content (AvgIpc) is 2.44. The van der Waals surface area contributed by atoms with E-state index in [0.717, 1.165) is 36.2 Å². The van der Waals surface area contributed by atoms with E-state index in [0.29, 0.717) is 0 Å². The van der Waals surface area contributed by atoms with E-state index < -0.39 is 8.80 Å². The van der Waals surface area contributed by atoms with Crippen molar-refractivity contribution < 1.29 is 13.3 Å². The molecule has 0 saturated carbocycles. The summed E-state index contributed by atoms with van der Waals surface area (Å²) in [7, 11) is -2.57. The molecule has 0 amide bonds. The minimum absolute atomic E-state index is 0.198. The third kappa shape index (κ3) is 8.31. The molecule has 3 nitrogen and oxygen atoms in total. The molecule has 5 heteroatoms. The van der Waals surface area contributed by atoms with E-state index >= 15 is 0 Å². The van der Waals surface area contributed by atoms with Gasteiger partial charge in [0, 0.05) is 24.4 Å². The lowest BCUT2D eigenvalue weighted by Crippen LogP contribution is -2.51. The first-order valence-corrected chi connectivity index (χ1v) is 11.5. The van der Waals surface area contributed by atoms with Crippen molar-refractivity contribution in [2.75, 3.05) is 4.43 Å². The molecule has 0 heterocycles. The summed E-state index contributed by atoms with van der Waals surface area (Å²) in [6.45, 7) is 12.8. The standard InChI is InChI=1S/C15H33IO3Si/c1-7-13(4)17-20(12-10-11-16,18-14(5)8-2)19-15(6)9-3/h13-15H,7-12H2,1-6H3. The van der Waals surface area contributed by atoms with E-state index in [1.165, 1.54) is 0 Å². The van der Waals surface area contributed by atoms with Crippen LogP contribution in [0.3, 0.4) is 0 Å². The largest absolute Gasteiger partial charge is 0.501 e. The molecular formula is C15H33IO3Si. The van der Waals surface area contributed by atoms with Gasteiger partial charge < -0.3 is 13.3 Å². The summed E-state index contributed by atoms with van der Waals surface area (Å²) in [5.41, 5.74) is 0. The van der Waals surface area contributed by atoms with Gasteiger partial charge in [0.1, 0.15) is 0 Å². The number of hydrogen-bond acceptors (Lipinski definition) is 3. The van der Waals surface area contributed by atoms with Crippen LogP contribution in [0.1, 0.15) is 67.2 Å². The Bertz CT molecular complexity index is 210. The maximum Gasteiger partial charge on any atom is 0.501 e. The molecule has 0 rings (SSSR count). The quantitative estimate of drug-likeness (QED) is 0.249. The van der Waals surface area contributed by atoms with Gasteiger partial charge in [-0.3, -0.25) is 0 Å². The van der Waals surface area contributed by atoms with Gasteiger partial charge in [-0.05, 0) is 50.9 Å². The Morgan fingerprint density at radius 2 is 1.15 bits per heavy atom. The summed E-state index contributed by atoms with van der Waals surface area (Å²) in [6.07, 6.45) is 4.67. The maximum atomic E-state index is 6.33. The molecule has 0 aromatic carbocycles. The molecular weight excluding hydrogens is 383 g/mol. The number of alkyl halides is 1. The fourth-order valence-corrected chi connectivity index (χ4v) is 6.28. The minimum Gasteiger partial charge on any atom is -0.371 e. The van der Waals surface area contributed by atoms with Gasteiger partial charge in [0.25, 0.3) is 0 Å². The van der Waals surface area contributed by atoms with Crippen LogP contribution in [-0.2, 0) is 13.3 Å². The average molecular weight is 416 g/mol. The highest BCUT2D eigenvalue weighted by molar-refractivity contribution is 14.1. The lowest BCUT2D eigenvalue weighted by molar-refractivity contribution is -0.0107. The van der Waals surface area contributed by atoms with Crippen molar-refractivity contribution in [3.8, 4) is 0 Å². The lowest BCUT2D eigenvalue weighted by atomic mass is 10.3. The summed E-state index contributed by atoms with van der Waals surface area (Å²) in [5, 5.41) is 0. The van der Waals surface area contributed by atoms with Crippen molar-refractivity contribution in [2.45, 2.75) is 91.6 Å². The summed E-state index contributed by atoms with van der Waals surface area (Å²) in [5.74, 6) is 0. The SMILES string of the molecule is CCC(C)O[Si](CCCI)(OC(C)CC)OC(C)CC. The molecule has 0 fully saturated rings. The van der Waals surface area contributed by atoms with E-state index in [1.807, 2.05) is 0 Å². The monoisotopic (exact) mass is 416 g/mol. The summed E-state index contributed by atoms with van der Waals surface area (Å²) in [6, 6.07) is 0.926. The maximum absolute atomic E-state index is 6.33. The Hall–Kier alpha value is 0.827. The van der Waals surface area contributed by atoms with Crippen LogP contribution in [0.25, 0.3) is 0 Å². The predicted octanol–water partition coefficient (Wildman–Crippen LogP) is 5.20. The molecule has 0 aliphatic heterocycles. The second kappa shape index (κ2) is 11.4. The van der Waals surface area contributed by atoms with Crippen LogP contribution in [0.2, 0.25) is 6.04 Å². The van der Waals surface area contributed by atoms with Gasteiger partial charge in [-0.15, -0.1) is 0 Å². The zero-order chi connectivity index (χ0) is 15.6. The van der Waals surface area contributed by atoms with Crippen molar-refractivity contribution in [1.82, 2.24) is 0 Å². The molecule has 0 N–H and O–H groups in total. The van der Waals surface area contributed by atoms with Crippen molar-refractivity contribution in [3.05, 3.63) is 0 Å². The van der Waals surface area contributed by atoms with E-state index in [1.54, 1.807) is 0 Å². The van der Waals surface area contributed by atoms with Gasteiger partial charge in [0.15, 0.2) is 0 Å².